The molecular weight excluding hydrogens is 278 g/mol. The molecule has 1 heterocycles. The molecule has 0 aliphatic heterocycles. The standard InChI is InChI=1S/C13H11N3O3S/c1-9-2-3-11(6-12(9)16(18)19)13(17)15-14-7-10-4-5-20-8-10/h2-8H,1H3,(H,15,17). The van der Waals surface area contributed by atoms with Crippen molar-refractivity contribution in [3.63, 3.8) is 0 Å². The largest absolute Gasteiger partial charge is 0.273 e. The Balaban J connectivity index is 2.09. The van der Waals surface area contributed by atoms with Crippen LogP contribution in [0.3, 0.4) is 0 Å². The van der Waals surface area contributed by atoms with Gasteiger partial charge in [0.1, 0.15) is 0 Å². The van der Waals surface area contributed by atoms with Gasteiger partial charge in [0.05, 0.1) is 11.1 Å². The van der Waals surface area contributed by atoms with E-state index in [1.165, 1.54) is 35.8 Å². The van der Waals surface area contributed by atoms with Gasteiger partial charge in [0, 0.05) is 22.8 Å². The van der Waals surface area contributed by atoms with E-state index in [-0.39, 0.29) is 11.3 Å². The van der Waals surface area contributed by atoms with Crippen molar-refractivity contribution in [3.8, 4) is 0 Å². The van der Waals surface area contributed by atoms with E-state index in [4.69, 9.17) is 0 Å². The number of hydrogen-bond acceptors (Lipinski definition) is 5. The van der Waals surface area contributed by atoms with Gasteiger partial charge in [-0.25, -0.2) is 5.43 Å². The molecule has 0 radical (unpaired) electrons. The Labute approximate surface area is 118 Å². The number of aryl methyl sites for hydroxylation is 1. The van der Waals surface area contributed by atoms with Crippen LogP contribution in [0.4, 0.5) is 5.69 Å². The quantitative estimate of drug-likeness (QED) is 0.533. The van der Waals surface area contributed by atoms with Crippen LogP contribution in [0.2, 0.25) is 0 Å². The van der Waals surface area contributed by atoms with E-state index < -0.39 is 10.8 Å². The molecule has 1 aromatic heterocycles. The summed E-state index contributed by atoms with van der Waals surface area (Å²) in [5, 5.41) is 18.4. The Morgan fingerprint density at radius 1 is 1.45 bits per heavy atom. The lowest BCUT2D eigenvalue weighted by atomic mass is 10.1. The summed E-state index contributed by atoms with van der Waals surface area (Å²) in [6.07, 6.45) is 1.51. The molecule has 1 N–H and O–H groups in total. The third-order valence-electron chi connectivity index (χ3n) is 2.59. The number of hydrogen-bond donors (Lipinski definition) is 1. The highest BCUT2D eigenvalue weighted by Crippen LogP contribution is 2.19. The summed E-state index contributed by atoms with van der Waals surface area (Å²) < 4.78 is 0. The molecule has 0 saturated heterocycles. The first-order valence-electron chi connectivity index (χ1n) is 5.68. The Kier molecular flexibility index (Phi) is 4.21. The van der Waals surface area contributed by atoms with Crippen molar-refractivity contribution in [1.82, 2.24) is 5.43 Å². The summed E-state index contributed by atoms with van der Waals surface area (Å²) in [5.74, 6) is -0.487. The number of nitrogens with zero attached hydrogens (tertiary/aromatic N) is 2. The summed E-state index contributed by atoms with van der Waals surface area (Å²) >= 11 is 1.52. The maximum atomic E-state index is 11.8. The predicted octanol–water partition coefficient (Wildman–Crippen LogP) is 2.73. The second kappa shape index (κ2) is 6.07. The second-order valence-electron chi connectivity index (χ2n) is 4.01. The van der Waals surface area contributed by atoms with Crippen molar-refractivity contribution >= 4 is 29.1 Å². The SMILES string of the molecule is Cc1ccc(C(=O)NN=Cc2ccsc2)cc1[N+](=O)[O-]. The molecule has 0 aliphatic carbocycles. The Morgan fingerprint density at radius 2 is 2.25 bits per heavy atom. The normalized spacial score (nSPS) is 10.7. The highest BCUT2D eigenvalue weighted by molar-refractivity contribution is 7.08. The van der Waals surface area contributed by atoms with Crippen LogP contribution in [0.15, 0.2) is 40.1 Å². The summed E-state index contributed by atoms with van der Waals surface area (Å²) in [4.78, 5) is 22.1. The molecule has 0 unspecified atom stereocenters. The first-order valence-corrected chi connectivity index (χ1v) is 6.63. The van der Waals surface area contributed by atoms with E-state index in [1.54, 1.807) is 6.92 Å². The van der Waals surface area contributed by atoms with E-state index >= 15 is 0 Å². The predicted molar refractivity (Wildman–Crippen MR) is 77.2 cm³/mol. The minimum absolute atomic E-state index is 0.0838. The average molecular weight is 289 g/mol. The van der Waals surface area contributed by atoms with Crippen LogP contribution in [0.1, 0.15) is 21.5 Å². The summed E-state index contributed by atoms with van der Waals surface area (Å²) in [6, 6.07) is 6.16. The Bertz CT molecular complexity index is 666. The topological polar surface area (TPSA) is 84.6 Å². The third-order valence-corrected chi connectivity index (χ3v) is 3.29. The number of amides is 1. The Hall–Kier alpha value is -2.54. The van der Waals surface area contributed by atoms with Crippen molar-refractivity contribution in [3.05, 3.63) is 61.8 Å². The molecule has 2 rings (SSSR count). The summed E-state index contributed by atoms with van der Waals surface area (Å²) in [7, 11) is 0. The molecule has 0 saturated carbocycles. The molecule has 0 fully saturated rings. The molecular formula is C13H11N3O3S. The van der Waals surface area contributed by atoms with E-state index in [2.05, 4.69) is 10.5 Å². The number of hydrazone groups is 1. The van der Waals surface area contributed by atoms with Gasteiger partial charge < -0.3 is 0 Å². The van der Waals surface area contributed by atoms with Gasteiger partial charge in [0.25, 0.3) is 11.6 Å². The number of carbonyl (C=O) groups excluding carboxylic acids is 1. The van der Waals surface area contributed by atoms with Gasteiger partial charge >= 0.3 is 0 Å². The fourth-order valence-electron chi connectivity index (χ4n) is 1.53. The molecule has 1 aromatic carbocycles. The maximum Gasteiger partial charge on any atom is 0.273 e. The maximum absolute atomic E-state index is 11.8. The molecule has 102 valence electrons. The number of nitro benzene ring substituents is 1. The van der Waals surface area contributed by atoms with Crippen molar-refractivity contribution in [2.75, 3.05) is 0 Å². The zero-order valence-corrected chi connectivity index (χ0v) is 11.4. The molecule has 7 heteroatoms. The molecule has 2 aromatic rings. The molecule has 0 bridgehead atoms. The zero-order chi connectivity index (χ0) is 14.5. The van der Waals surface area contributed by atoms with Gasteiger partial charge in [-0.05, 0) is 29.8 Å². The van der Waals surface area contributed by atoms with Gasteiger partial charge in [-0.15, -0.1) is 0 Å². The number of rotatable bonds is 4. The van der Waals surface area contributed by atoms with Crippen LogP contribution >= 0.6 is 11.3 Å². The van der Waals surface area contributed by atoms with Crippen molar-refractivity contribution < 1.29 is 9.72 Å². The number of nitro groups is 1. The average Bonchev–Trinajstić information content (AvgIpc) is 2.92. The molecule has 0 atom stereocenters. The summed E-state index contributed by atoms with van der Waals surface area (Å²) in [5.41, 5.74) is 3.84. The first-order chi connectivity index (χ1) is 9.58. The van der Waals surface area contributed by atoms with Crippen LogP contribution in [-0.4, -0.2) is 17.0 Å². The zero-order valence-electron chi connectivity index (χ0n) is 10.6. The van der Waals surface area contributed by atoms with E-state index in [0.717, 1.165) is 5.56 Å². The minimum atomic E-state index is -0.513. The van der Waals surface area contributed by atoms with Gasteiger partial charge in [-0.2, -0.15) is 16.4 Å². The van der Waals surface area contributed by atoms with E-state index in [9.17, 15) is 14.9 Å². The summed E-state index contributed by atoms with van der Waals surface area (Å²) in [6.45, 7) is 1.62. The van der Waals surface area contributed by atoms with Crippen molar-refractivity contribution in [2.45, 2.75) is 6.92 Å². The van der Waals surface area contributed by atoms with Crippen LogP contribution < -0.4 is 5.43 Å². The molecule has 20 heavy (non-hydrogen) atoms. The van der Waals surface area contributed by atoms with Crippen LogP contribution in [0, 0.1) is 17.0 Å². The van der Waals surface area contributed by atoms with Gasteiger partial charge in [0.15, 0.2) is 0 Å². The van der Waals surface area contributed by atoms with Crippen molar-refractivity contribution in [2.24, 2.45) is 5.10 Å². The van der Waals surface area contributed by atoms with E-state index in [1.807, 2.05) is 16.8 Å². The fourth-order valence-corrected chi connectivity index (χ4v) is 2.14. The smallest absolute Gasteiger partial charge is 0.267 e. The number of carbonyl (C=O) groups is 1. The van der Waals surface area contributed by atoms with Crippen LogP contribution in [-0.2, 0) is 0 Å². The van der Waals surface area contributed by atoms with Gasteiger partial charge in [-0.3, -0.25) is 14.9 Å². The number of nitrogens with one attached hydrogen (secondary N) is 1. The highest BCUT2D eigenvalue weighted by atomic mass is 32.1. The molecule has 0 spiro atoms. The second-order valence-corrected chi connectivity index (χ2v) is 4.79. The van der Waals surface area contributed by atoms with Gasteiger partial charge in [0.2, 0.25) is 0 Å². The molecule has 1 amide bonds. The van der Waals surface area contributed by atoms with Crippen molar-refractivity contribution in [1.29, 1.82) is 0 Å². The van der Waals surface area contributed by atoms with Gasteiger partial charge in [-0.1, -0.05) is 6.07 Å². The lowest BCUT2D eigenvalue weighted by Crippen LogP contribution is -2.17. The van der Waals surface area contributed by atoms with E-state index in [0.29, 0.717) is 5.56 Å². The monoisotopic (exact) mass is 289 g/mol. The number of thiophene rings is 1. The fraction of sp³-hybridized carbons (Fsp3) is 0.0769. The first kappa shape index (κ1) is 13.9. The highest BCUT2D eigenvalue weighted by Gasteiger charge is 2.14. The lowest BCUT2D eigenvalue weighted by molar-refractivity contribution is -0.385. The van der Waals surface area contributed by atoms with Crippen LogP contribution in [0.5, 0.6) is 0 Å². The van der Waals surface area contributed by atoms with Crippen LogP contribution in [0.25, 0.3) is 0 Å². The third kappa shape index (κ3) is 3.27. The minimum Gasteiger partial charge on any atom is -0.267 e. The number of benzene rings is 1. The Morgan fingerprint density at radius 3 is 2.90 bits per heavy atom. The molecule has 0 aliphatic rings. The lowest BCUT2D eigenvalue weighted by Gasteiger charge is -2.01. The molecule has 6 nitrogen and oxygen atoms in total.